The van der Waals surface area contributed by atoms with E-state index in [0.29, 0.717) is 76.4 Å². The summed E-state index contributed by atoms with van der Waals surface area (Å²) in [6.45, 7) is 22.4. The molecule has 0 radical (unpaired) electrons. The van der Waals surface area contributed by atoms with Crippen molar-refractivity contribution in [1.82, 2.24) is 0 Å². The fourth-order valence-corrected chi connectivity index (χ4v) is 6.74. The summed E-state index contributed by atoms with van der Waals surface area (Å²) in [4.78, 5) is 46.3. The molecule has 6 aromatic rings. The van der Waals surface area contributed by atoms with Crippen molar-refractivity contribution in [3.63, 3.8) is 0 Å². The Morgan fingerprint density at radius 1 is 0.573 bits per heavy atom. The van der Waals surface area contributed by atoms with Gasteiger partial charge in [-0.25, -0.2) is 22.8 Å². The number of hydrogen-bond donors (Lipinski definition) is 1. The van der Waals surface area contributed by atoms with Crippen molar-refractivity contribution >= 4 is 47.3 Å². The number of hydrogen-bond acceptors (Lipinski definition) is 14. The zero-order valence-corrected chi connectivity index (χ0v) is 56.6. The molecule has 6 rings (SSSR count). The summed E-state index contributed by atoms with van der Waals surface area (Å²) in [5.41, 5.74) is 4.97. The number of phenolic OH excluding ortho intramolecular Hbond substituents is 1. The van der Waals surface area contributed by atoms with Gasteiger partial charge in [-0.05, 0) is 152 Å². The van der Waals surface area contributed by atoms with Gasteiger partial charge in [0.25, 0.3) is 6.47 Å². The van der Waals surface area contributed by atoms with E-state index < -0.39 is 19.1 Å². The van der Waals surface area contributed by atoms with E-state index in [1.54, 1.807) is 69.3 Å². The maximum absolute atomic E-state index is 13.3. The van der Waals surface area contributed by atoms with Gasteiger partial charge in [-0.3, -0.25) is 14.0 Å². The largest absolute Gasteiger partial charge is 1.00 e. The van der Waals surface area contributed by atoms with Crippen LogP contribution in [0.4, 0.5) is 17.6 Å². The van der Waals surface area contributed by atoms with E-state index in [1.165, 1.54) is 60.7 Å². The SMILES string of the molecule is C.CC(C)I.CCOC(=O)c1cc(O)c(-c2ccc(F)cc2)c(OCC)c1.CCOC(=O)c1cc(OCC)c(-c2ccc(F)cc2)c(OC(C)C)c1.CCOc1cc(C=O)cc(OC(C)C)c1-c1ccc(F)cc1.O=CO[O-].[2H]CF.[H-].[K+].[K+]. The summed E-state index contributed by atoms with van der Waals surface area (Å²) in [6, 6.07) is 27.3. The average molecular weight is 1310 g/mol. The molecule has 0 saturated heterocycles. The third-order valence-corrected chi connectivity index (χ3v) is 9.46. The second kappa shape index (κ2) is 46.2. The number of aldehydes is 1. The van der Waals surface area contributed by atoms with Crippen LogP contribution in [0, 0.1) is 17.5 Å². The number of alkyl halides is 2. The van der Waals surface area contributed by atoms with Gasteiger partial charge in [0, 0.05) is 9.49 Å². The Hall–Kier alpha value is -4.12. The van der Waals surface area contributed by atoms with E-state index >= 15 is 0 Å². The van der Waals surface area contributed by atoms with Crippen molar-refractivity contribution in [1.29, 1.82) is 0 Å². The maximum Gasteiger partial charge on any atom is 1.00 e. The van der Waals surface area contributed by atoms with Crippen LogP contribution < -0.4 is 132 Å². The average Bonchev–Trinajstić information content (AvgIpc) is 3.50. The molecule has 0 fully saturated rings. The first-order valence-electron chi connectivity index (χ1n) is 25.6. The van der Waals surface area contributed by atoms with Gasteiger partial charge < -0.3 is 49.8 Å². The summed E-state index contributed by atoms with van der Waals surface area (Å²) in [5, 5.41) is 18.7. The molecule has 0 aliphatic rings. The van der Waals surface area contributed by atoms with Crippen LogP contribution in [0.3, 0.4) is 0 Å². The minimum atomic E-state index is -1.00. The molecule has 0 aliphatic heterocycles. The van der Waals surface area contributed by atoms with Gasteiger partial charge in [0.2, 0.25) is 0 Å². The number of rotatable bonds is 19. The van der Waals surface area contributed by atoms with Crippen LogP contribution in [-0.2, 0) is 19.2 Å². The predicted octanol–water partition coefficient (Wildman–Crippen LogP) is 8.73. The van der Waals surface area contributed by atoms with Gasteiger partial charge in [-0.15, -0.1) is 0 Å². The maximum atomic E-state index is 13.3. The summed E-state index contributed by atoms with van der Waals surface area (Å²) in [7, 11) is -1.00. The van der Waals surface area contributed by atoms with Crippen LogP contribution in [0.2, 0.25) is 0 Å². The smallest absolute Gasteiger partial charge is 1.00 e. The molecule has 0 saturated carbocycles. The van der Waals surface area contributed by atoms with Crippen molar-refractivity contribution in [2.24, 2.45) is 0 Å². The van der Waals surface area contributed by atoms with Gasteiger partial charge in [-0.2, -0.15) is 0 Å². The number of esters is 2. The monoisotopic (exact) mass is 1310 g/mol. The molecule has 0 aliphatic carbocycles. The Labute approximate surface area is 582 Å². The zero-order valence-electron chi connectivity index (χ0n) is 50.2. The Morgan fingerprint density at radius 2 is 0.854 bits per heavy atom. The number of aromatic hydroxyl groups is 1. The van der Waals surface area contributed by atoms with Crippen molar-refractivity contribution in [2.45, 2.75) is 99.7 Å². The van der Waals surface area contributed by atoms with E-state index in [4.69, 9.17) is 44.6 Å². The second-order valence-corrected chi connectivity index (χ2v) is 19.0. The Kier molecular flexibility index (Phi) is 45.1. The zero-order chi connectivity index (χ0) is 60.3. The number of ether oxygens (including phenoxy) is 7. The first kappa shape index (κ1) is 79.9. The summed E-state index contributed by atoms with van der Waals surface area (Å²) < 4.78 is 94.5. The van der Waals surface area contributed by atoms with Crippen molar-refractivity contribution in [3.05, 3.63) is 143 Å². The molecule has 21 heteroatoms. The number of carbonyl (C=O) groups excluding carboxylic acids is 4. The number of halogens is 5. The van der Waals surface area contributed by atoms with Gasteiger partial charge >= 0.3 is 115 Å². The topological polar surface area (TPSA) is 185 Å². The first-order chi connectivity index (χ1) is 38.1. The molecule has 0 amide bonds. The Morgan fingerprint density at radius 3 is 1.16 bits per heavy atom. The van der Waals surface area contributed by atoms with Crippen molar-refractivity contribution in [2.75, 3.05) is 40.2 Å². The molecule has 440 valence electrons. The number of carbonyl (C=O) groups is 4. The van der Waals surface area contributed by atoms with Gasteiger partial charge in [0.15, 0.2) is 0 Å². The second-order valence-electron chi connectivity index (χ2n) is 16.5. The molecular formula is C61H75F4IK2O14. The minimum Gasteiger partial charge on any atom is -1.00 e. The molecule has 0 spiro atoms. The van der Waals surface area contributed by atoms with Crippen LogP contribution >= 0.6 is 22.6 Å². The third-order valence-electron chi connectivity index (χ3n) is 9.46. The molecule has 1 N–H and O–H groups in total. The van der Waals surface area contributed by atoms with Crippen LogP contribution in [0.15, 0.2) is 109 Å². The molecule has 14 nitrogen and oxygen atoms in total. The molecule has 0 bridgehead atoms. The Balaban J connectivity index is -0.000000513. The molecule has 0 aromatic heterocycles. The minimum absolute atomic E-state index is 0. The standard InChI is InChI=1S/C20H23FO4.C18H19FO3.C17H17FO4.C3H7I.CH3F.CH2O3.CH4.2K.H/c1-5-23-17-11-15(20(22)24-6-2)12-18(25-13(3)4)19(17)14-7-9-16(21)10-8-14;1-4-21-16-9-13(11-20)10-17(22-12(2)3)18(16)14-5-7-15(19)8-6-14;1-3-21-15-10-12(17(20)22-4-2)9-14(19)16(15)11-5-7-13(18)8-6-11;1-3(2)4;1-2;2-1-4-3;;;;/h7-13H,5-6H2,1-4H3;5-12H,4H2,1-3H3;5-10,19H,3-4H2,1-2H3;3H,1-2H3;1H3;1,3H;1H4;;;/q;;;;;;;2*+1;-1/p-1/i;;;;1D;;;;;. The summed E-state index contributed by atoms with van der Waals surface area (Å²) in [6.07, 6.45) is 0.589. The fourth-order valence-electron chi connectivity index (χ4n) is 6.74. The fraction of sp³-hybridized carbons (Fsp3) is 0.344. The molecule has 0 heterocycles. The van der Waals surface area contributed by atoms with E-state index in [1.807, 2.05) is 41.5 Å². The molecule has 82 heavy (non-hydrogen) atoms. The predicted molar refractivity (Wildman–Crippen MR) is 311 cm³/mol. The van der Waals surface area contributed by atoms with Gasteiger partial charge in [-0.1, -0.05) is 80.3 Å². The van der Waals surface area contributed by atoms with E-state index in [0.717, 1.165) is 26.9 Å². The third kappa shape index (κ3) is 29.6. The van der Waals surface area contributed by atoms with Crippen molar-refractivity contribution in [3.8, 4) is 67.9 Å². The first-order valence-corrected chi connectivity index (χ1v) is 26.1. The number of benzene rings is 6. The normalized spacial score (nSPS) is 9.78. The van der Waals surface area contributed by atoms with E-state index in [2.05, 4.69) is 41.3 Å². The quantitative estimate of drug-likeness (QED) is 0.0119. The van der Waals surface area contributed by atoms with Crippen LogP contribution in [0.1, 0.15) is 117 Å². The van der Waals surface area contributed by atoms with Crippen LogP contribution in [0.5, 0.6) is 34.5 Å². The molecule has 0 unspecified atom stereocenters. The van der Waals surface area contributed by atoms with E-state index in [-0.39, 0.29) is 172 Å². The Bertz CT molecular complexity index is 2800. The molecule has 0 atom stereocenters. The number of phenols is 1. The molecule has 6 aromatic carbocycles. The summed E-state index contributed by atoms with van der Waals surface area (Å²) in [5.74, 6) is 0.331. The van der Waals surface area contributed by atoms with E-state index in [9.17, 15) is 37.1 Å². The molecular weight excluding hydrogens is 1240 g/mol. The van der Waals surface area contributed by atoms with Gasteiger partial charge in [0.1, 0.15) is 58.2 Å². The van der Waals surface area contributed by atoms with Gasteiger partial charge in [0.05, 0.1) is 81.6 Å². The van der Waals surface area contributed by atoms with Crippen LogP contribution in [0.25, 0.3) is 33.4 Å². The summed E-state index contributed by atoms with van der Waals surface area (Å²) >= 11 is 2.34. The van der Waals surface area contributed by atoms with Crippen LogP contribution in [-0.4, -0.2) is 86.1 Å². The van der Waals surface area contributed by atoms with Crippen molar-refractivity contribution < 1.29 is 191 Å².